The van der Waals surface area contributed by atoms with Crippen molar-refractivity contribution in [2.45, 2.75) is 25.8 Å². The molecule has 100 valence electrons. The first-order valence-corrected chi connectivity index (χ1v) is 6.96. The van der Waals surface area contributed by atoms with E-state index in [0.29, 0.717) is 18.5 Å². The highest BCUT2D eigenvalue weighted by molar-refractivity contribution is 9.10. The molecule has 1 aromatic heterocycles. The minimum atomic E-state index is 0.450. The molecule has 18 heavy (non-hydrogen) atoms. The Morgan fingerprint density at radius 3 is 2.89 bits per heavy atom. The summed E-state index contributed by atoms with van der Waals surface area (Å²) >= 11 is 3.48. The molecule has 0 bridgehead atoms. The SMILES string of the molecule is COCCN(c1ncnc(N)c1Br)C(C)C1CC1. The van der Waals surface area contributed by atoms with Crippen LogP contribution in [0.3, 0.4) is 0 Å². The second kappa shape index (κ2) is 5.84. The van der Waals surface area contributed by atoms with Gasteiger partial charge in [-0.05, 0) is 41.6 Å². The van der Waals surface area contributed by atoms with E-state index in [1.165, 1.54) is 19.2 Å². The van der Waals surface area contributed by atoms with Crippen LogP contribution in [0.1, 0.15) is 19.8 Å². The number of methoxy groups -OCH3 is 1. The van der Waals surface area contributed by atoms with Gasteiger partial charge >= 0.3 is 0 Å². The summed E-state index contributed by atoms with van der Waals surface area (Å²) in [7, 11) is 1.71. The molecule has 1 fully saturated rings. The van der Waals surface area contributed by atoms with Crippen molar-refractivity contribution >= 4 is 27.6 Å². The summed E-state index contributed by atoms with van der Waals surface area (Å²) in [5.41, 5.74) is 5.82. The van der Waals surface area contributed by atoms with Gasteiger partial charge in [-0.25, -0.2) is 9.97 Å². The van der Waals surface area contributed by atoms with Crippen molar-refractivity contribution in [1.82, 2.24) is 9.97 Å². The Morgan fingerprint density at radius 2 is 2.28 bits per heavy atom. The lowest BCUT2D eigenvalue weighted by atomic mass is 10.2. The van der Waals surface area contributed by atoms with E-state index < -0.39 is 0 Å². The van der Waals surface area contributed by atoms with E-state index >= 15 is 0 Å². The van der Waals surface area contributed by atoms with Crippen molar-refractivity contribution in [3.63, 3.8) is 0 Å². The number of hydrogen-bond donors (Lipinski definition) is 1. The number of ether oxygens (including phenoxy) is 1. The van der Waals surface area contributed by atoms with Gasteiger partial charge < -0.3 is 15.4 Å². The molecule has 1 unspecified atom stereocenters. The smallest absolute Gasteiger partial charge is 0.148 e. The van der Waals surface area contributed by atoms with Gasteiger partial charge in [0.05, 0.1) is 6.61 Å². The average Bonchev–Trinajstić information content (AvgIpc) is 3.18. The van der Waals surface area contributed by atoms with Crippen LogP contribution in [0.4, 0.5) is 11.6 Å². The van der Waals surface area contributed by atoms with E-state index in [9.17, 15) is 0 Å². The van der Waals surface area contributed by atoms with Gasteiger partial charge in [-0.15, -0.1) is 0 Å². The van der Waals surface area contributed by atoms with Gasteiger partial charge in [0, 0.05) is 19.7 Å². The minimum Gasteiger partial charge on any atom is -0.383 e. The number of nitrogens with two attached hydrogens (primary N) is 1. The molecule has 0 aromatic carbocycles. The third-order valence-corrected chi connectivity index (χ3v) is 4.16. The number of nitrogens with zero attached hydrogens (tertiary/aromatic N) is 3. The molecule has 0 saturated heterocycles. The van der Waals surface area contributed by atoms with Crippen molar-refractivity contribution in [1.29, 1.82) is 0 Å². The van der Waals surface area contributed by atoms with Gasteiger partial charge in [0.1, 0.15) is 22.4 Å². The number of nitrogen functional groups attached to an aromatic ring is 1. The van der Waals surface area contributed by atoms with Gasteiger partial charge in [-0.2, -0.15) is 0 Å². The van der Waals surface area contributed by atoms with E-state index in [0.717, 1.165) is 22.8 Å². The molecule has 0 aliphatic heterocycles. The molecule has 1 aromatic rings. The van der Waals surface area contributed by atoms with Gasteiger partial charge in [-0.1, -0.05) is 0 Å². The lowest BCUT2D eigenvalue weighted by Gasteiger charge is -2.31. The zero-order valence-corrected chi connectivity index (χ0v) is 12.4. The number of anilines is 2. The standard InChI is InChI=1S/C12H19BrN4O/c1-8(9-3-4-9)17(5-6-18-2)12-10(13)11(14)15-7-16-12/h7-9H,3-6H2,1-2H3,(H2,14,15,16). The summed E-state index contributed by atoms with van der Waals surface area (Å²) in [4.78, 5) is 10.6. The second-order valence-corrected chi connectivity index (χ2v) is 5.45. The maximum Gasteiger partial charge on any atom is 0.148 e. The third-order valence-electron chi connectivity index (χ3n) is 3.40. The zero-order valence-electron chi connectivity index (χ0n) is 10.8. The van der Waals surface area contributed by atoms with Gasteiger partial charge in [0.25, 0.3) is 0 Å². The minimum absolute atomic E-state index is 0.450. The first kappa shape index (κ1) is 13.5. The molecular weight excluding hydrogens is 296 g/mol. The maximum absolute atomic E-state index is 5.82. The first-order chi connectivity index (χ1) is 8.65. The molecule has 0 radical (unpaired) electrons. The molecule has 1 saturated carbocycles. The summed E-state index contributed by atoms with van der Waals surface area (Å²) in [6.45, 7) is 3.72. The van der Waals surface area contributed by atoms with Crippen molar-refractivity contribution in [3.05, 3.63) is 10.8 Å². The Hall–Kier alpha value is -0.880. The molecule has 6 heteroatoms. The molecule has 5 nitrogen and oxygen atoms in total. The Kier molecular flexibility index (Phi) is 4.40. The van der Waals surface area contributed by atoms with Crippen LogP contribution in [0.5, 0.6) is 0 Å². The zero-order chi connectivity index (χ0) is 13.1. The molecule has 1 aliphatic carbocycles. The largest absolute Gasteiger partial charge is 0.383 e. The van der Waals surface area contributed by atoms with Crippen LogP contribution in [-0.2, 0) is 4.74 Å². The van der Waals surface area contributed by atoms with Crippen LogP contribution in [0.15, 0.2) is 10.8 Å². The van der Waals surface area contributed by atoms with Gasteiger partial charge in [0.15, 0.2) is 0 Å². The predicted octanol–water partition coefficient (Wildman–Crippen LogP) is 2.07. The summed E-state index contributed by atoms with van der Waals surface area (Å²) in [6, 6.07) is 0.450. The molecule has 0 spiro atoms. The number of rotatable bonds is 6. The lowest BCUT2D eigenvalue weighted by Crippen LogP contribution is -2.38. The number of aromatic nitrogens is 2. The predicted molar refractivity (Wildman–Crippen MR) is 75.6 cm³/mol. The van der Waals surface area contributed by atoms with E-state index in [4.69, 9.17) is 10.5 Å². The van der Waals surface area contributed by atoms with Crippen molar-refractivity contribution in [2.75, 3.05) is 30.9 Å². The van der Waals surface area contributed by atoms with E-state index in [2.05, 4.69) is 37.7 Å². The van der Waals surface area contributed by atoms with Crippen LogP contribution in [0.2, 0.25) is 0 Å². The van der Waals surface area contributed by atoms with Gasteiger partial charge in [-0.3, -0.25) is 0 Å². The van der Waals surface area contributed by atoms with Crippen molar-refractivity contribution < 1.29 is 4.74 Å². The van der Waals surface area contributed by atoms with Gasteiger partial charge in [0.2, 0.25) is 0 Å². The highest BCUT2D eigenvalue weighted by Gasteiger charge is 2.33. The highest BCUT2D eigenvalue weighted by Crippen LogP contribution is 2.38. The van der Waals surface area contributed by atoms with Crippen molar-refractivity contribution in [3.8, 4) is 0 Å². The Morgan fingerprint density at radius 1 is 1.56 bits per heavy atom. The number of hydrogen-bond acceptors (Lipinski definition) is 5. The third kappa shape index (κ3) is 2.92. The second-order valence-electron chi connectivity index (χ2n) is 4.66. The van der Waals surface area contributed by atoms with E-state index in [1.807, 2.05) is 0 Å². The quantitative estimate of drug-likeness (QED) is 0.871. The summed E-state index contributed by atoms with van der Waals surface area (Å²) < 4.78 is 5.95. The molecular formula is C12H19BrN4O. The lowest BCUT2D eigenvalue weighted by molar-refractivity contribution is 0.202. The van der Waals surface area contributed by atoms with Crippen LogP contribution in [-0.4, -0.2) is 36.3 Å². The van der Waals surface area contributed by atoms with Crippen LogP contribution < -0.4 is 10.6 Å². The van der Waals surface area contributed by atoms with Crippen LogP contribution in [0, 0.1) is 5.92 Å². The summed E-state index contributed by atoms with van der Waals surface area (Å²) in [6.07, 6.45) is 4.10. The van der Waals surface area contributed by atoms with E-state index in [1.54, 1.807) is 7.11 Å². The Balaban J connectivity index is 2.23. The monoisotopic (exact) mass is 314 g/mol. The molecule has 0 amide bonds. The van der Waals surface area contributed by atoms with Crippen LogP contribution >= 0.6 is 15.9 Å². The molecule has 1 heterocycles. The fourth-order valence-electron chi connectivity index (χ4n) is 2.10. The summed E-state index contributed by atoms with van der Waals surface area (Å²) in [5.74, 6) is 2.09. The van der Waals surface area contributed by atoms with Crippen molar-refractivity contribution in [2.24, 2.45) is 5.92 Å². The fourth-order valence-corrected chi connectivity index (χ4v) is 2.53. The average molecular weight is 315 g/mol. The molecule has 2 N–H and O–H groups in total. The molecule has 1 atom stereocenters. The summed E-state index contributed by atoms with van der Waals surface area (Å²) in [5, 5.41) is 0. The first-order valence-electron chi connectivity index (χ1n) is 6.16. The number of halogens is 1. The molecule has 1 aliphatic rings. The Labute approximate surface area is 116 Å². The fraction of sp³-hybridized carbons (Fsp3) is 0.667. The topological polar surface area (TPSA) is 64.3 Å². The molecule has 2 rings (SSSR count). The maximum atomic E-state index is 5.82. The Bertz CT molecular complexity index is 411. The normalized spacial score (nSPS) is 16.6. The van der Waals surface area contributed by atoms with Crippen LogP contribution in [0.25, 0.3) is 0 Å². The highest BCUT2D eigenvalue weighted by atomic mass is 79.9. The van der Waals surface area contributed by atoms with E-state index in [-0.39, 0.29) is 0 Å².